The quantitative estimate of drug-likeness (QED) is 0.631. The molecular weight excluding hydrogens is 336 g/mol. The predicted octanol–water partition coefficient (Wildman–Crippen LogP) is 2.54. The van der Waals surface area contributed by atoms with Crippen molar-refractivity contribution in [2.75, 3.05) is 24.8 Å². The van der Waals surface area contributed by atoms with Gasteiger partial charge in [-0.2, -0.15) is 0 Å². The van der Waals surface area contributed by atoms with E-state index in [9.17, 15) is 8.42 Å². The van der Waals surface area contributed by atoms with Crippen molar-refractivity contribution in [2.45, 2.75) is 23.8 Å². The monoisotopic (exact) mass is 360 g/mol. The molecule has 6 heteroatoms. The summed E-state index contributed by atoms with van der Waals surface area (Å²) in [4.78, 5) is 0.327. The molecule has 0 spiro atoms. The Bertz CT molecular complexity index is 815. The van der Waals surface area contributed by atoms with Crippen LogP contribution >= 0.6 is 0 Å². The molecule has 0 radical (unpaired) electrons. The summed E-state index contributed by atoms with van der Waals surface area (Å²) < 4.78 is 23.4. The van der Waals surface area contributed by atoms with E-state index in [0.29, 0.717) is 4.90 Å². The highest BCUT2D eigenvalue weighted by Crippen LogP contribution is 2.31. The Morgan fingerprint density at radius 2 is 1.84 bits per heavy atom. The summed E-state index contributed by atoms with van der Waals surface area (Å²) in [6.07, 6.45) is 3.74. The van der Waals surface area contributed by atoms with Crippen LogP contribution in [0.15, 0.2) is 53.4 Å². The second-order valence-electron chi connectivity index (χ2n) is 6.59. The van der Waals surface area contributed by atoms with E-state index in [1.807, 2.05) is 36.4 Å². The van der Waals surface area contributed by atoms with Crippen LogP contribution in [0.4, 0.5) is 5.69 Å². The highest BCUT2D eigenvalue weighted by atomic mass is 32.2. The van der Waals surface area contributed by atoms with E-state index in [4.69, 9.17) is 5.11 Å². The van der Waals surface area contributed by atoms with Crippen molar-refractivity contribution in [2.24, 2.45) is 5.92 Å². The van der Waals surface area contributed by atoms with Crippen LogP contribution in [0.25, 0.3) is 0 Å². The first-order chi connectivity index (χ1) is 12.0. The minimum atomic E-state index is -3.20. The largest absolute Gasteiger partial charge is 0.377 e. The SMILES string of the molecule is CS(=O)(=O)c1ccc(C(NCC2CC2)c2cccc(NCO)c2)cc1. The van der Waals surface area contributed by atoms with Crippen molar-refractivity contribution in [3.8, 4) is 0 Å². The minimum Gasteiger partial charge on any atom is -0.377 e. The molecule has 2 aromatic rings. The topological polar surface area (TPSA) is 78.4 Å². The van der Waals surface area contributed by atoms with Crippen LogP contribution in [0.1, 0.15) is 30.0 Å². The van der Waals surface area contributed by atoms with Crippen LogP contribution in [0.3, 0.4) is 0 Å². The summed E-state index contributed by atoms with van der Waals surface area (Å²) in [5.74, 6) is 0.733. The van der Waals surface area contributed by atoms with Gasteiger partial charge < -0.3 is 15.7 Å². The van der Waals surface area contributed by atoms with Crippen LogP contribution in [-0.4, -0.2) is 33.1 Å². The molecule has 1 aliphatic carbocycles. The molecule has 3 N–H and O–H groups in total. The molecule has 1 unspecified atom stereocenters. The molecule has 0 bridgehead atoms. The van der Waals surface area contributed by atoms with E-state index in [-0.39, 0.29) is 12.8 Å². The van der Waals surface area contributed by atoms with Gasteiger partial charge in [0, 0.05) is 11.9 Å². The Morgan fingerprint density at radius 3 is 2.44 bits per heavy atom. The smallest absolute Gasteiger partial charge is 0.175 e. The lowest BCUT2D eigenvalue weighted by Crippen LogP contribution is -2.24. The summed E-state index contributed by atoms with van der Waals surface area (Å²) in [5, 5.41) is 15.6. The van der Waals surface area contributed by atoms with Crippen LogP contribution < -0.4 is 10.6 Å². The lowest BCUT2D eigenvalue weighted by molar-refractivity contribution is 0.325. The van der Waals surface area contributed by atoms with Crippen molar-refractivity contribution >= 4 is 15.5 Å². The second-order valence-corrected chi connectivity index (χ2v) is 8.60. The van der Waals surface area contributed by atoms with Gasteiger partial charge in [-0.05, 0) is 60.7 Å². The third-order valence-corrected chi connectivity index (χ3v) is 5.58. The van der Waals surface area contributed by atoms with Gasteiger partial charge in [0.05, 0.1) is 10.9 Å². The van der Waals surface area contributed by atoms with Crippen molar-refractivity contribution in [1.29, 1.82) is 0 Å². The molecule has 25 heavy (non-hydrogen) atoms. The van der Waals surface area contributed by atoms with E-state index >= 15 is 0 Å². The number of anilines is 1. The Hall–Kier alpha value is -1.89. The molecule has 1 saturated carbocycles. The van der Waals surface area contributed by atoms with Crippen molar-refractivity contribution in [3.63, 3.8) is 0 Å². The van der Waals surface area contributed by atoms with Gasteiger partial charge in [0.1, 0.15) is 6.73 Å². The van der Waals surface area contributed by atoms with Gasteiger partial charge in [0.2, 0.25) is 0 Å². The third-order valence-electron chi connectivity index (χ3n) is 4.45. The Morgan fingerprint density at radius 1 is 1.12 bits per heavy atom. The molecule has 1 aliphatic rings. The highest BCUT2D eigenvalue weighted by molar-refractivity contribution is 7.90. The molecule has 2 aromatic carbocycles. The molecule has 3 rings (SSSR count). The van der Waals surface area contributed by atoms with Crippen LogP contribution in [-0.2, 0) is 9.84 Å². The van der Waals surface area contributed by atoms with Gasteiger partial charge in [-0.3, -0.25) is 0 Å². The Balaban J connectivity index is 1.89. The number of hydrogen-bond acceptors (Lipinski definition) is 5. The first-order valence-corrected chi connectivity index (χ1v) is 10.3. The van der Waals surface area contributed by atoms with Gasteiger partial charge in [0.25, 0.3) is 0 Å². The standard InChI is InChI=1S/C19H24N2O3S/c1-25(23,24)18-9-7-15(8-10-18)19(20-12-14-5-6-14)16-3-2-4-17(11-16)21-13-22/h2-4,7-11,14,19-22H,5-6,12-13H2,1H3. The van der Waals surface area contributed by atoms with E-state index in [2.05, 4.69) is 10.6 Å². The number of rotatable bonds is 8. The minimum absolute atomic E-state index is 0.0188. The van der Waals surface area contributed by atoms with Crippen molar-refractivity contribution in [3.05, 3.63) is 59.7 Å². The lowest BCUT2D eigenvalue weighted by Gasteiger charge is -2.21. The van der Waals surface area contributed by atoms with Crippen LogP contribution in [0, 0.1) is 5.92 Å². The summed E-state index contributed by atoms with van der Waals surface area (Å²) in [7, 11) is -3.20. The average Bonchev–Trinajstić information content (AvgIpc) is 3.40. The zero-order valence-corrected chi connectivity index (χ0v) is 15.1. The van der Waals surface area contributed by atoms with Gasteiger partial charge >= 0.3 is 0 Å². The summed E-state index contributed by atoms with van der Waals surface area (Å²) >= 11 is 0. The summed E-state index contributed by atoms with van der Waals surface area (Å²) in [6.45, 7) is 0.822. The first kappa shape index (κ1) is 17.9. The van der Waals surface area contributed by atoms with E-state index in [1.165, 1.54) is 19.1 Å². The molecule has 5 nitrogen and oxygen atoms in total. The number of aliphatic hydroxyl groups excluding tert-OH is 1. The predicted molar refractivity (Wildman–Crippen MR) is 99.3 cm³/mol. The van der Waals surface area contributed by atoms with E-state index in [0.717, 1.165) is 29.3 Å². The molecule has 0 aromatic heterocycles. The zero-order valence-electron chi connectivity index (χ0n) is 14.3. The third kappa shape index (κ3) is 4.81. The molecule has 0 aliphatic heterocycles. The summed E-state index contributed by atoms with van der Waals surface area (Å²) in [5.41, 5.74) is 2.95. The molecule has 134 valence electrons. The Labute approximate surface area is 149 Å². The Kier molecular flexibility index (Phi) is 5.42. The number of aliphatic hydroxyl groups is 1. The van der Waals surface area contributed by atoms with E-state index in [1.54, 1.807) is 12.1 Å². The highest BCUT2D eigenvalue weighted by Gasteiger charge is 2.23. The molecule has 0 amide bonds. The molecule has 1 fully saturated rings. The van der Waals surface area contributed by atoms with E-state index < -0.39 is 9.84 Å². The number of hydrogen-bond donors (Lipinski definition) is 3. The number of sulfone groups is 1. The molecule has 1 atom stereocenters. The normalized spacial score (nSPS) is 15.8. The lowest BCUT2D eigenvalue weighted by atomic mass is 9.98. The maximum Gasteiger partial charge on any atom is 0.175 e. The van der Waals surface area contributed by atoms with Gasteiger partial charge in [0.15, 0.2) is 9.84 Å². The molecular formula is C19H24N2O3S. The van der Waals surface area contributed by atoms with Crippen LogP contribution in [0.2, 0.25) is 0 Å². The molecule has 0 saturated heterocycles. The van der Waals surface area contributed by atoms with Gasteiger partial charge in [-0.1, -0.05) is 24.3 Å². The first-order valence-electron chi connectivity index (χ1n) is 8.45. The van der Waals surface area contributed by atoms with Gasteiger partial charge in [-0.25, -0.2) is 8.42 Å². The zero-order chi connectivity index (χ0) is 17.9. The maximum atomic E-state index is 11.7. The second kappa shape index (κ2) is 7.56. The fourth-order valence-electron chi connectivity index (χ4n) is 2.86. The average molecular weight is 360 g/mol. The molecule has 0 heterocycles. The number of nitrogens with one attached hydrogen (secondary N) is 2. The number of benzene rings is 2. The van der Waals surface area contributed by atoms with Crippen molar-refractivity contribution < 1.29 is 13.5 Å². The van der Waals surface area contributed by atoms with Crippen LogP contribution in [0.5, 0.6) is 0 Å². The fraction of sp³-hybridized carbons (Fsp3) is 0.368. The maximum absolute atomic E-state index is 11.7. The van der Waals surface area contributed by atoms with Crippen molar-refractivity contribution in [1.82, 2.24) is 5.32 Å². The fourth-order valence-corrected chi connectivity index (χ4v) is 3.49. The van der Waals surface area contributed by atoms with Gasteiger partial charge in [-0.15, -0.1) is 0 Å². The summed E-state index contributed by atoms with van der Waals surface area (Å²) in [6, 6.07) is 14.9.